The molecule has 1 aromatic heterocycles. The van der Waals surface area contributed by atoms with Gasteiger partial charge in [-0.05, 0) is 12.8 Å². The maximum absolute atomic E-state index is 11.0. The number of nitrogen functional groups attached to an aromatic ring is 1. The maximum Gasteiger partial charge on any atom is 0.217 e. The van der Waals surface area contributed by atoms with E-state index in [0.29, 0.717) is 16.7 Å². The van der Waals surface area contributed by atoms with E-state index in [1.807, 2.05) is 0 Å². The zero-order valence-corrected chi connectivity index (χ0v) is 10.9. The molecule has 0 atom stereocenters. The number of halogens is 1. The average molecular weight is 270 g/mol. The molecule has 0 aliphatic carbocycles. The lowest BCUT2D eigenvalue weighted by atomic mass is 10.1. The van der Waals surface area contributed by atoms with Crippen LogP contribution in [0.2, 0.25) is 5.02 Å². The van der Waals surface area contributed by atoms with Gasteiger partial charge in [0.15, 0.2) is 5.82 Å². The summed E-state index contributed by atoms with van der Waals surface area (Å²) < 4.78 is 0. The number of nitrogens with one attached hydrogen (secondary N) is 1. The summed E-state index contributed by atoms with van der Waals surface area (Å²) in [6.07, 6.45) is 3.16. The fourth-order valence-corrected chi connectivity index (χ4v) is 2.33. The molecule has 1 aliphatic heterocycles. The molecule has 1 aromatic rings. The Morgan fingerprint density at radius 2 is 2.17 bits per heavy atom. The van der Waals surface area contributed by atoms with E-state index in [1.165, 1.54) is 13.3 Å². The molecule has 6 nitrogen and oxygen atoms in total. The number of carbonyl (C=O) groups excluding carboxylic acids is 1. The van der Waals surface area contributed by atoms with Crippen molar-refractivity contribution in [3.63, 3.8) is 0 Å². The summed E-state index contributed by atoms with van der Waals surface area (Å²) in [4.78, 5) is 21.1. The molecule has 0 radical (unpaired) electrons. The van der Waals surface area contributed by atoms with Gasteiger partial charge in [-0.25, -0.2) is 9.97 Å². The van der Waals surface area contributed by atoms with Crippen LogP contribution >= 0.6 is 11.6 Å². The first-order valence-electron chi connectivity index (χ1n) is 5.86. The third-order valence-corrected chi connectivity index (χ3v) is 3.36. The van der Waals surface area contributed by atoms with Crippen LogP contribution in [0.1, 0.15) is 19.8 Å². The number of nitrogens with two attached hydrogens (primary N) is 1. The van der Waals surface area contributed by atoms with Gasteiger partial charge in [0.2, 0.25) is 5.91 Å². The summed E-state index contributed by atoms with van der Waals surface area (Å²) in [6, 6.07) is 0.233. The van der Waals surface area contributed by atoms with Crippen molar-refractivity contribution in [1.29, 1.82) is 0 Å². The van der Waals surface area contributed by atoms with E-state index >= 15 is 0 Å². The normalized spacial score (nSPS) is 16.7. The predicted octanol–water partition coefficient (Wildman–Crippen LogP) is 0.817. The van der Waals surface area contributed by atoms with Gasteiger partial charge in [-0.2, -0.15) is 0 Å². The molecule has 18 heavy (non-hydrogen) atoms. The minimum Gasteiger partial charge on any atom is -0.382 e. The van der Waals surface area contributed by atoms with E-state index in [1.54, 1.807) is 0 Å². The third kappa shape index (κ3) is 2.81. The van der Waals surface area contributed by atoms with Crippen LogP contribution in [0.5, 0.6) is 0 Å². The van der Waals surface area contributed by atoms with E-state index in [0.717, 1.165) is 25.9 Å². The summed E-state index contributed by atoms with van der Waals surface area (Å²) in [6.45, 7) is 3.12. The molecule has 0 unspecified atom stereocenters. The van der Waals surface area contributed by atoms with Crippen LogP contribution in [-0.4, -0.2) is 35.0 Å². The highest BCUT2D eigenvalue weighted by Gasteiger charge is 2.22. The molecule has 1 aliphatic rings. The van der Waals surface area contributed by atoms with Gasteiger partial charge in [-0.1, -0.05) is 11.6 Å². The highest BCUT2D eigenvalue weighted by molar-refractivity contribution is 6.35. The SMILES string of the molecule is CC(=O)NC1CCN(c2ncnc(N)c2Cl)CC1. The lowest BCUT2D eigenvalue weighted by Gasteiger charge is -2.33. The average Bonchev–Trinajstić information content (AvgIpc) is 2.33. The number of rotatable bonds is 2. The molecule has 1 saturated heterocycles. The lowest BCUT2D eigenvalue weighted by Crippen LogP contribution is -2.44. The Morgan fingerprint density at radius 1 is 1.50 bits per heavy atom. The van der Waals surface area contributed by atoms with Gasteiger partial charge in [0, 0.05) is 26.1 Å². The minimum atomic E-state index is 0.0118. The Bertz CT molecular complexity index is 445. The molecule has 3 N–H and O–H groups in total. The number of anilines is 2. The quantitative estimate of drug-likeness (QED) is 0.830. The Balaban J connectivity index is 2.01. The fraction of sp³-hybridized carbons (Fsp3) is 0.545. The first-order valence-corrected chi connectivity index (χ1v) is 6.23. The van der Waals surface area contributed by atoms with Crippen LogP contribution < -0.4 is 16.0 Å². The molecule has 0 saturated carbocycles. The van der Waals surface area contributed by atoms with Gasteiger partial charge in [-0.15, -0.1) is 0 Å². The summed E-state index contributed by atoms with van der Waals surface area (Å²) >= 11 is 6.09. The zero-order chi connectivity index (χ0) is 13.1. The molecule has 0 bridgehead atoms. The second kappa shape index (κ2) is 5.39. The number of aromatic nitrogens is 2. The van der Waals surface area contributed by atoms with Gasteiger partial charge < -0.3 is 16.0 Å². The standard InChI is InChI=1S/C11H16ClN5O/c1-7(18)16-8-2-4-17(5-3-8)11-9(12)10(13)14-6-15-11/h6,8H,2-5H2,1H3,(H,16,18)(H2,13,14,15). The predicted molar refractivity (Wildman–Crippen MR) is 70.5 cm³/mol. The molecule has 7 heteroatoms. The van der Waals surface area contributed by atoms with Crippen molar-refractivity contribution in [2.75, 3.05) is 23.7 Å². The topological polar surface area (TPSA) is 84.1 Å². The highest BCUT2D eigenvalue weighted by atomic mass is 35.5. The van der Waals surface area contributed by atoms with E-state index in [2.05, 4.69) is 20.2 Å². The van der Waals surface area contributed by atoms with Crippen LogP contribution in [-0.2, 0) is 4.79 Å². The van der Waals surface area contributed by atoms with Crippen molar-refractivity contribution >= 4 is 29.1 Å². The van der Waals surface area contributed by atoms with E-state index < -0.39 is 0 Å². The summed E-state index contributed by atoms with van der Waals surface area (Å²) in [5.74, 6) is 0.980. The largest absolute Gasteiger partial charge is 0.382 e. The number of nitrogens with zero attached hydrogens (tertiary/aromatic N) is 3. The highest BCUT2D eigenvalue weighted by Crippen LogP contribution is 2.28. The second-order valence-corrected chi connectivity index (χ2v) is 4.74. The van der Waals surface area contributed by atoms with Gasteiger partial charge in [0.05, 0.1) is 0 Å². The van der Waals surface area contributed by atoms with Crippen LogP contribution in [0.3, 0.4) is 0 Å². The molecule has 1 amide bonds. The third-order valence-electron chi connectivity index (χ3n) is 3.00. The fourth-order valence-electron chi connectivity index (χ4n) is 2.12. The van der Waals surface area contributed by atoms with E-state index in [-0.39, 0.29) is 11.9 Å². The monoisotopic (exact) mass is 269 g/mol. The van der Waals surface area contributed by atoms with Crippen molar-refractivity contribution in [1.82, 2.24) is 15.3 Å². The number of piperidine rings is 1. The van der Waals surface area contributed by atoms with Crippen molar-refractivity contribution in [3.8, 4) is 0 Å². The molecule has 98 valence electrons. The Hall–Kier alpha value is -1.56. The van der Waals surface area contributed by atoms with Crippen molar-refractivity contribution in [2.45, 2.75) is 25.8 Å². The van der Waals surface area contributed by atoms with Crippen LogP contribution in [0, 0.1) is 0 Å². The second-order valence-electron chi connectivity index (χ2n) is 4.36. The summed E-state index contributed by atoms with van der Waals surface area (Å²) in [5, 5.41) is 3.32. The number of amides is 1. The van der Waals surface area contributed by atoms with Gasteiger partial charge in [0.1, 0.15) is 17.2 Å². The van der Waals surface area contributed by atoms with Gasteiger partial charge >= 0.3 is 0 Å². The van der Waals surface area contributed by atoms with Crippen molar-refractivity contribution < 1.29 is 4.79 Å². The molecule has 2 heterocycles. The van der Waals surface area contributed by atoms with Crippen LogP contribution in [0.4, 0.5) is 11.6 Å². The molecule has 1 fully saturated rings. The maximum atomic E-state index is 11.0. The zero-order valence-electron chi connectivity index (χ0n) is 10.2. The smallest absolute Gasteiger partial charge is 0.217 e. The van der Waals surface area contributed by atoms with Gasteiger partial charge in [-0.3, -0.25) is 4.79 Å². The van der Waals surface area contributed by atoms with Crippen molar-refractivity contribution in [2.24, 2.45) is 0 Å². The van der Waals surface area contributed by atoms with E-state index in [9.17, 15) is 4.79 Å². The van der Waals surface area contributed by atoms with Crippen molar-refractivity contribution in [3.05, 3.63) is 11.3 Å². The Kier molecular flexibility index (Phi) is 3.86. The number of carbonyl (C=O) groups is 1. The first kappa shape index (κ1) is 12.9. The molecule has 2 rings (SSSR count). The van der Waals surface area contributed by atoms with Crippen LogP contribution in [0.25, 0.3) is 0 Å². The molecule has 0 aromatic carbocycles. The lowest BCUT2D eigenvalue weighted by molar-refractivity contribution is -0.119. The van der Waals surface area contributed by atoms with Crippen LogP contribution in [0.15, 0.2) is 6.33 Å². The minimum absolute atomic E-state index is 0.0118. The number of hydrogen-bond acceptors (Lipinski definition) is 5. The summed E-state index contributed by atoms with van der Waals surface area (Å²) in [5.41, 5.74) is 5.65. The number of hydrogen-bond donors (Lipinski definition) is 2. The Labute approximate surface area is 111 Å². The Morgan fingerprint density at radius 3 is 2.78 bits per heavy atom. The first-order chi connectivity index (χ1) is 8.58. The van der Waals surface area contributed by atoms with Gasteiger partial charge in [0.25, 0.3) is 0 Å². The molecular formula is C11H16ClN5O. The molecule has 0 spiro atoms. The molecular weight excluding hydrogens is 254 g/mol. The summed E-state index contributed by atoms with van der Waals surface area (Å²) in [7, 11) is 0. The van der Waals surface area contributed by atoms with E-state index in [4.69, 9.17) is 17.3 Å².